The van der Waals surface area contributed by atoms with Gasteiger partial charge in [-0.3, -0.25) is 4.79 Å². The van der Waals surface area contributed by atoms with E-state index in [2.05, 4.69) is 14.8 Å². The predicted octanol–water partition coefficient (Wildman–Crippen LogP) is 3.70. The molecule has 0 aliphatic rings. The Morgan fingerprint density at radius 3 is 2.48 bits per heavy atom. The quantitative estimate of drug-likeness (QED) is 0.431. The molecule has 0 aliphatic heterocycles. The summed E-state index contributed by atoms with van der Waals surface area (Å²) >= 11 is 0. The minimum atomic E-state index is -4.22. The van der Waals surface area contributed by atoms with Crippen molar-refractivity contribution in [1.29, 1.82) is 0 Å². The first-order valence-corrected chi connectivity index (χ1v) is 11.5. The maximum Gasteiger partial charge on any atom is 0.283 e. The molecule has 8 nitrogen and oxygen atoms in total. The van der Waals surface area contributed by atoms with Gasteiger partial charge in [0.25, 0.3) is 15.9 Å². The summed E-state index contributed by atoms with van der Waals surface area (Å²) in [4.78, 5) is 17.1. The van der Waals surface area contributed by atoms with Crippen molar-refractivity contribution in [3.63, 3.8) is 0 Å². The van der Waals surface area contributed by atoms with Gasteiger partial charge in [-0.05, 0) is 53.2 Å². The molecule has 9 heteroatoms. The molecule has 5 aromatic rings. The predicted molar refractivity (Wildman–Crippen MR) is 124 cm³/mol. The van der Waals surface area contributed by atoms with E-state index < -0.39 is 15.9 Å². The molecule has 0 bridgehead atoms. The van der Waals surface area contributed by atoms with Crippen LogP contribution in [0.4, 0.5) is 0 Å². The lowest BCUT2D eigenvalue weighted by molar-refractivity contribution is 0.0977. The minimum Gasteiger partial charge on any atom is -0.495 e. The van der Waals surface area contributed by atoms with Gasteiger partial charge in [0, 0.05) is 17.8 Å². The number of nitrogens with zero attached hydrogens (tertiary/aromatic N) is 3. The molecule has 0 spiro atoms. The maximum absolute atomic E-state index is 13.1. The first-order valence-electron chi connectivity index (χ1n) is 10.00. The zero-order valence-corrected chi connectivity index (χ0v) is 18.3. The highest BCUT2D eigenvalue weighted by Crippen LogP contribution is 2.29. The first kappa shape index (κ1) is 20.7. The Kier molecular flexibility index (Phi) is 5.02. The summed E-state index contributed by atoms with van der Waals surface area (Å²) in [7, 11) is -2.84. The number of hydrogen-bond acceptors (Lipinski definition) is 6. The SMILES string of the molecule is COc1cc2ccccc2cc1S(=O)(=O)NC(=O)c1ccc2c(-n3cccn3)cccc2n1. The van der Waals surface area contributed by atoms with Gasteiger partial charge in [0.05, 0.1) is 18.3 Å². The lowest BCUT2D eigenvalue weighted by atomic mass is 10.1. The normalized spacial score (nSPS) is 11.5. The third-order valence-electron chi connectivity index (χ3n) is 5.24. The largest absolute Gasteiger partial charge is 0.495 e. The molecule has 3 aromatic carbocycles. The van der Waals surface area contributed by atoms with E-state index in [9.17, 15) is 13.2 Å². The van der Waals surface area contributed by atoms with E-state index in [0.29, 0.717) is 10.9 Å². The van der Waals surface area contributed by atoms with E-state index in [1.807, 2.05) is 18.2 Å². The summed E-state index contributed by atoms with van der Waals surface area (Å²) in [6.45, 7) is 0. The molecular formula is C24H18N4O4S. The van der Waals surface area contributed by atoms with Gasteiger partial charge in [0.15, 0.2) is 0 Å². The summed E-state index contributed by atoms with van der Waals surface area (Å²) in [6.07, 6.45) is 3.47. The third-order valence-corrected chi connectivity index (χ3v) is 6.59. The van der Waals surface area contributed by atoms with Crippen molar-refractivity contribution in [2.45, 2.75) is 4.90 Å². The molecule has 0 unspecified atom stereocenters. The van der Waals surface area contributed by atoms with Gasteiger partial charge in [-0.15, -0.1) is 0 Å². The Morgan fingerprint density at radius 2 is 1.76 bits per heavy atom. The smallest absolute Gasteiger partial charge is 0.283 e. The summed E-state index contributed by atoms with van der Waals surface area (Å²) in [6, 6.07) is 20.8. The molecule has 1 amide bonds. The molecule has 0 saturated heterocycles. The highest BCUT2D eigenvalue weighted by molar-refractivity contribution is 7.90. The molecule has 33 heavy (non-hydrogen) atoms. The molecule has 1 N–H and O–H groups in total. The van der Waals surface area contributed by atoms with E-state index in [1.54, 1.807) is 59.5 Å². The van der Waals surface area contributed by atoms with Gasteiger partial charge >= 0.3 is 0 Å². The zero-order valence-electron chi connectivity index (χ0n) is 17.5. The van der Waals surface area contributed by atoms with E-state index in [1.165, 1.54) is 19.2 Å². The number of fused-ring (bicyclic) bond motifs is 2. The number of aromatic nitrogens is 3. The number of ether oxygens (including phenoxy) is 1. The monoisotopic (exact) mass is 458 g/mol. The van der Waals surface area contributed by atoms with Crippen molar-refractivity contribution in [3.8, 4) is 11.4 Å². The Morgan fingerprint density at radius 1 is 0.970 bits per heavy atom. The number of carbonyl (C=O) groups is 1. The average molecular weight is 458 g/mol. The van der Waals surface area contributed by atoms with Crippen molar-refractivity contribution < 1.29 is 17.9 Å². The lowest BCUT2D eigenvalue weighted by Crippen LogP contribution is -2.31. The van der Waals surface area contributed by atoms with Crippen LogP contribution in [-0.4, -0.2) is 36.2 Å². The number of carbonyl (C=O) groups excluding carboxylic acids is 1. The Hall–Kier alpha value is -4.24. The molecule has 2 heterocycles. The first-order chi connectivity index (χ1) is 16.0. The molecule has 0 radical (unpaired) electrons. The molecule has 0 aliphatic carbocycles. The summed E-state index contributed by atoms with van der Waals surface area (Å²) in [5.41, 5.74) is 1.31. The summed E-state index contributed by atoms with van der Waals surface area (Å²) in [5.74, 6) is -0.694. The van der Waals surface area contributed by atoms with Crippen LogP contribution in [0.25, 0.3) is 27.4 Å². The number of nitrogens with one attached hydrogen (secondary N) is 1. The van der Waals surface area contributed by atoms with Crippen LogP contribution in [0.15, 0.2) is 90.1 Å². The fraction of sp³-hybridized carbons (Fsp3) is 0.0417. The molecule has 164 valence electrons. The van der Waals surface area contributed by atoms with Crippen LogP contribution in [0, 0.1) is 0 Å². The number of methoxy groups -OCH3 is 1. The van der Waals surface area contributed by atoms with Gasteiger partial charge in [0.1, 0.15) is 16.3 Å². The standard InChI is InChI=1S/C24H18N4O4S/c1-32-22-14-16-6-2-3-7-17(16)15-23(22)33(30,31)27-24(29)20-11-10-18-19(26-20)8-4-9-21(18)28-13-5-12-25-28/h2-15H,1H3,(H,27,29). The highest BCUT2D eigenvalue weighted by atomic mass is 32.2. The van der Waals surface area contributed by atoms with Crippen LogP contribution in [-0.2, 0) is 10.0 Å². The molecule has 2 aromatic heterocycles. The van der Waals surface area contributed by atoms with Crippen molar-refractivity contribution >= 4 is 37.6 Å². The summed E-state index contributed by atoms with van der Waals surface area (Å²) < 4.78 is 35.2. The van der Waals surface area contributed by atoms with Crippen LogP contribution in [0.2, 0.25) is 0 Å². The molecular weight excluding hydrogens is 440 g/mol. The second kappa shape index (κ2) is 8.03. The number of pyridine rings is 1. The average Bonchev–Trinajstić information content (AvgIpc) is 3.37. The fourth-order valence-electron chi connectivity index (χ4n) is 3.67. The van der Waals surface area contributed by atoms with Crippen LogP contribution in [0.1, 0.15) is 10.5 Å². The molecule has 0 atom stereocenters. The number of rotatable bonds is 5. The number of sulfonamides is 1. The second-order valence-electron chi connectivity index (χ2n) is 7.28. The van der Waals surface area contributed by atoms with Gasteiger partial charge < -0.3 is 4.74 Å². The zero-order chi connectivity index (χ0) is 23.0. The number of benzene rings is 3. The van der Waals surface area contributed by atoms with Crippen molar-refractivity contribution in [3.05, 3.63) is 90.9 Å². The van der Waals surface area contributed by atoms with Crippen molar-refractivity contribution in [2.24, 2.45) is 0 Å². The van der Waals surface area contributed by atoms with Gasteiger partial charge in [0.2, 0.25) is 0 Å². The molecule has 5 rings (SSSR count). The maximum atomic E-state index is 13.1. The van der Waals surface area contributed by atoms with Crippen LogP contribution in [0.3, 0.4) is 0 Å². The van der Waals surface area contributed by atoms with Crippen LogP contribution >= 0.6 is 0 Å². The number of hydrogen-bond donors (Lipinski definition) is 1. The Labute approximate surface area is 189 Å². The fourth-order valence-corrected chi connectivity index (χ4v) is 4.82. The van der Waals surface area contributed by atoms with E-state index >= 15 is 0 Å². The van der Waals surface area contributed by atoms with E-state index in [4.69, 9.17) is 4.74 Å². The third kappa shape index (κ3) is 3.79. The lowest BCUT2D eigenvalue weighted by Gasteiger charge is -2.12. The molecule has 0 fully saturated rings. The van der Waals surface area contributed by atoms with E-state index in [-0.39, 0.29) is 16.3 Å². The van der Waals surface area contributed by atoms with Crippen LogP contribution < -0.4 is 9.46 Å². The van der Waals surface area contributed by atoms with Gasteiger partial charge in [-0.1, -0.05) is 30.3 Å². The van der Waals surface area contributed by atoms with Crippen molar-refractivity contribution in [1.82, 2.24) is 19.5 Å². The topological polar surface area (TPSA) is 103 Å². The van der Waals surface area contributed by atoms with Crippen LogP contribution in [0.5, 0.6) is 5.75 Å². The Bertz CT molecular complexity index is 1610. The molecule has 0 saturated carbocycles. The van der Waals surface area contributed by atoms with Gasteiger partial charge in [-0.2, -0.15) is 5.10 Å². The second-order valence-corrected chi connectivity index (χ2v) is 8.93. The minimum absolute atomic E-state index is 0.0246. The van der Waals surface area contributed by atoms with E-state index in [0.717, 1.165) is 16.5 Å². The summed E-state index contributed by atoms with van der Waals surface area (Å²) in [5, 5.41) is 6.54. The van der Waals surface area contributed by atoms with Gasteiger partial charge in [-0.25, -0.2) is 22.8 Å². The highest BCUT2D eigenvalue weighted by Gasteiger charge is 2.24. The Balaban J connectivity index is 1.50. The number of amides is 1. The van der Waals surface area contributed by atoms with Crippen molar-refractivity contribution in [2.75, 3.05) is 7.11 Å².